The Morgan fingerprint density at radius 1 is 1.43 bits per heavy atom. The highest BCUT2D eigenvalue weighted by molar-refractivity contribution is 5.98. The van der Waals surface area contributed by atoms with Crippen LogP contribution >= 0.6 is 0 Å². The molecule has 1 amide bonds. The summed E-state index contributed by atoms with van der Waals surface area (Å²) < 4.78 is 11.0. The third-order valence-corrected chi connectivity index (χ3v) is 4.56. The van der Waals surface area contributed by atoms with Crippen LogP contribution in [0, 0.1) is 17.2 Å². The highest BCUT2D eigenvalue weighted by Crippen LogP contribution is 2.35. The Balaban J connectivity index is 2.17. The molecule has 0 saturated heterocycles. The van der Waals surface area contributed by atoms with Crippen molar-refractivity contribution in [3.63, 3.8) is 0 Å². The minimum Gasteiger partial charge on any atom is -0.494 e. The third kappa shape index (κ3) is 3.83. The molecule has 1 aromatic carbocycles. The molecule has 0 bridgehead atoms. The van der Waals surface area contributed by atoms with Crippen LogP contribution in [0.25, 0.3) is 0 Å². The SMILES string of the molecule is CCOc1ccc(NC(=O)C2(OC)CCC(C)CC2)c(C#N)c1. The van der Waals surface area contributed by atoms with Gasteiger partial charge in [-0.2, -0.15) is 5.26 Å². The number of hydrogen-bond acceptors (Lipinski definition) is 4. The van der Waals surface area contributed by atoms with Crippen molar-refractivity contribution in [2.75, 3.05) is 19.0 Å². The van der Waals surface area contributed by atoms with Crippen molar-refractivity contribution in [3.05, 3.63) is 23.8 Å². The number of rotatable bonds is 5. The number of amides is 1. The number of nitrogens with zero attached hydrogens (tertiary/aromatic N) is 1. The molecule has 1 N–H and O–H groups in total. The summed E-state index contributed by atoms with van der Waals surface area (Å²) in [6.45, 7) is 4.60. The molecular formula is C18H24N2O3. The molecule has 0 radical (unpaired) electrons. The number of carbonyl (C=O) groups is 1. The number of hydrogen-bond donors (Lipinski definition) is 1. The summed E-state index contributed by atoms with van der Waals surface area (Å²) in [6, 6.07) is 7.20. The molecule has 0 unspecified atom stereocenters. The Bertz CT molecular complexity index is 599. The molecule has 1 fully saturated rings. The average molecular weight is 316 g/mol. The van der Waals surface area contributed by atoms with Gasteiger partial charge in [-0.15, -0.1) is 0 Å². The largest absolute Gasteiger partial charge is 0.494 e. The Morgan fingerprint density at radius 2 is 2.13 bits per heavy atom. The first kappa shape index (κ1) is 17.3. The van der Waals surface area contributed by atoms with Crippen LogP contribution in [0.15, 0.2) is 18.2 Å². The maximum absolute atomic E-state index is 12.7. The van der Waals surface area contributed by atoms with Crippen molar-refractivity contribution in [2.24, 2.45) is 5.92 Å². The molecule has 2 rings (SSSR count). The fraction of sp³-hybridized carbons (Fsp3) is 0.556. The van der Waals surface area contributed by atoms with Gasteiger partial charge in [0.15, 0.2) is 0 Å². The van der Waals surface area contributed by atoms with Crippen molar-refractivity contribution in [1.29, 1.82) is 5.26 Å². The van der Waals surface area contributed by atoms with Crippen molar-refractivity contribution in [2.45, 2.75) is 45.1 Å². The molecule has 0 spiro atoms. The molecule has 124 valence electrons. The minimum atomic E-state index is -0.794. The summed E-state index contributed by atoms with van der Waals surface area (Å²) in [6.07, 6.45) is 3.34. The molecule has 1 aliphatic rings. The lowest BCUT2D eigenvalue weighted by Crippen LogP contribution is -2.47. The van der Waals surface area contributed by atoms with Crippen molar-refractivity contribution >= 4 is 11.6 Å². The number of anilines is 1. The first-order valence-corrected chi connectivity index (χ1v) is 8.08. The van der Waals surface area contributed by atoms with Crippen LogP contribution in [0.1, 0.15) is 45.1 Å². The van der Waals surface area contributed by atoms with E-state index in [4.69, 9.17) is 9.47 Å². The zero-order chi connectivity index (χ0) is 16.9. The van der Waals surface area contributed by atoms with E-state index in [2.05, 4.69) is 18.3 Å². The summed E-state index contributed by atoms with van der Waals surface area (Å²) in [5.41, 5.74) is 0.0911. The molecule has 0 aliphatic heterocycles. The highest BCUT2D eigenvalue weighted by atomic mass is 16.5. The lowest BCUT2D eigenvalue weighted by Gasteiger charge is -2.36. The van der Waals surface area contributed by atoms with E-state index in [0.29, 0.717) is 42.4 Å². The predicted octanol–water partition coefficient (Wildman–Crippen LogP) is 3.49. The Labute approximate surface area is 137 Å². The Hall–Kier alpha value is -2.06. The first-order valence-electron chi connectivity index (χ1n) is 8.08. The van der Waals surface area contributed by atoms with Crippen LogP contribution in [0.5, 0.6) is 5.75 Å². The van der Waals surface area contributed by atoms with Gasteiger partial charge in [0.25, 0.3) is 5.91 Å². The van der Waals surface area contributed by atoms with Crippen LogP contribution < -0.4 is 10.1 Å². The van der Waals surface area contributed by atoms with Gasteiger partial charge in [0.2, 0.25) is 0 Å². The molecule has 5 heteroatoms. The molecule has 5 nitrogen and oxygen atoms in total. The second-order valence-electron chi connectivity index (χ2n) is 6.09. The van der Waals surface area contributed by atoms with Gasteiger partial charge in [-0.25, -0.2) is 0 Å². The van der Waals surface area contributed by atoms with Crippen LogP contribution in [-0.2, 0) is 9.53 Å². The van der Waals surface area contributed by atoms with E-state index in [0.717, 1.165) is 12.8 Å². The molecule has 1 aromatic rings. The van der Waals surface area contributed by atoms with Crippen LogP contribution in [0.3, 0.4) is 0 Å². The average Bonchev–Trinajstić information content (AvgIpc) is 2.57. The number of methoxy groups -OCH3 is 1. The Kier molecular flexibility index (Phi) is 5.62. The minimum absolute atomic E-state index is 0.174. The van der Waals surface area contributed by atoms with Gasteiger partial charge in [-0.3, -0.25) is 4.79 Å². The van der Waals surface area contributed by atoms with E-state index >= 15 is 0 Å². The molecule has 0 atom stereocenters. The molecule has 1 saturated carbocycles. The number of nitrogens with one attached hydrogen (secondary N) is 1. The molecular weight excluding hydrogens is 292 g/mol. The molecule has 23 heavy (non-hydrogen) atoms. The summed E-state index contributed by atoms with van der Waals surface area (Å²) in [5, 5.41) is 12.2. The monoisotopic (exact) mass is 316 g/mol. The van der Waals surface area contributed by atoms with Crippen molar-refractivity contribution < 1.29 is 14.3 Å². The topological polar surface area (TPSA) is 71.3 Å². The fourth-order valence-electron chi connectivity index (χ4n) is 2.97. The summed E-state index contributed by atoms with van der Waals surface area (Å²) in [5.74, 6) is 1.06. The van der Waals surface area contributed by atoms with Gasteiger partial charge in [0.05, 0.1) is 17.9 Å². The van der Waals surface area contributed by atoms with Gasteiger partial charge < -0.3 is 14.8 Å². The smallest absolute Gasteiger partial charge is 0.256 e. The number of carbonyl (C=O) groups excluding carboxylic acids is 1. The lowest BCUT2D eigenvalue weighted by molar-refractivity contribution is -0.142. The van der Waals surface area contributed by atoms with Gasteiger partial charge in [-0.1, -0.05) is 6.92 Å². The van der Waals surface area contributed by atoms with E-state index in [1.807, 2.05) is 6.92 Å². The van der Waals surface area contributed by atoms with E-state index in [-0.39, 0.29) is 5.91 Å². The Morgan fingerprint density at radius 3 is 2.70 bits per heavy atom. The maximum atomic E-state index is 12.7. The molecule has 1 aliphatic carbocycles. The molecule has 0 heterocycles. The standard InChI is InChI=1S/C18H24N2O3/c1-4-23-15-5-6-16(14(11-15)12-19)20-17(21)18(22-3)9-7-13(2)8-10-18/h5-6,11,13H,4,7-10H2,1-3H3,(H,20,21). The highest BCUT2D eigenvalue weighted by Gasteiger charge is 2.41. The fourth-order valence-corrected chi connectivity index (χ4v) is 2.97. The summed E-state index contributed by atoms with van der Waals surface area (Å²) in [4.78, 5) is 12.7. The number of nitriles is 1. The summed E-state index contributed by atoms with van der Waals surface area (Å²) >= 11 is 0. The van der Waals surface area contributed by atoms with Crippen LogP contribution in [0.2, 0.25) is 0 Å². The second-order valence-corrected chi connectivity index (χ2v) is 6.09. The van der Waals surface area contributed by atoms with E-state index in [1.54, 1.807) is 25.3 Å². The zero-order valence-corrected chi connectivity index (χ0v) is 14.0. The van der Waals surface area contributed by atoms with Gasteiger partial charge in [0, 0.05) is 7.11 Å². The molecule has 0 aromatic heterocycles. The second kappa shape index (κ2) is 7.47. The van der Waals surface area contributed by atoms with E-state index in [1.165, 1.54) is 0 Å². The van der Waals surface area contributed by atoms with Gasteiger partial charge in [0.1, 0.15) is 17.4 Å². The maximum Gasteiger partial charge on any atom is 0.256 e. The summed E-state index contributed by atoms with van der Waals surface area (Å²) in [7, 11) is 1.58. The third-order valence-electron chi connectivity index (χ3n) is 4.56. The lowest BCUT2D eigenvalue weighted by atomic mass is 9.79. The van der Waals surface area contributed by atoms with Crippen LogP contribution in [0.4, 0.5) is 5.69 Å². The van der Waals surface area contributed by atoms with E-state index < -0.39 is 5.60 Å². The van der Waals surface area contributed by atoms with E-state index in [9.17, 15) is 10.1 Å². The van der Waals surface area contributed by atoms with Crippen LogP contribution in [-0.4, -0.2) is 25.2 Å². The van der Waals surface area contributed by atoms with Gasteiger partial charge in [-0.05, 0) is 56.7 Å². The normalized spacial score (nSPS) is 23.8. The number of benzene rings is 1. The van der Waals surface area contributed by atoms with Crippen molar-refractivity contribution in [1.82, 2.24) is 0 Å². The van der Waals surface area contributed by atoms with Gasteiger partial charge >= 0.3 is 0 Å². The quantitative estimate of drug-likeness (QED) is 0.902. The predicted molar refractivity (Wildman–Crippen MR) is 88.3 cm³/mol. The zero-order valence-electron chi connectivity index (χ0n) is 14.0. The number of ether oxygens (including phenoxy) is 2. The van der Waals surface area contributed by atoms with Crippen molar-refractivity contribution in [3.8, 4) is 11.8 Å². The first-order chi connectivity index (χ1) is 11.0.